The van der Waals surface area contributed by atoms with Gasteiger partial charge in [0.05, 0.1) is 31.2 Å². The van der Waals surface area contributed by atoms with E-state index in [0.29, 0.717) is 5.15 Å². The summed E-state index contributed by atoms with van der Waals surface area (Å²) in [5.41, 5.74) is 6.66. The molecule has 0 amide bonds. The highest BCUT2D eigenvalue weighted by Gasteiger charge is 2.25. The lowest BCUT2D eigenvalue weighted by Gasteiger charge is -2.31. The van der Waals surface area contributed by atoms with Crippen LogP contribution in [0.25, 0.3) is 17.0 Å². The first-order valence-electron chi connectivity index (χ1n) is 11.2. The van der Waals surface area contributed by atoms with Gasteiger partial charge in [0.25, 0.3) is 0 Å². The van der Waals surface area contributed by atoms with Gasteiger partial charge in [-0.2, -0.15) is 10.2 Å². The van der Waals surface area contributed by atoms with Crippen molar-refractivity contribution in [3.05, 3.63) is 93.8 Å². The Kier molecular flexibility index (Phi) is 6.61. The minimum atomic E-state index is 0.426. The third-order valence-electron chi connectivity index (χ3n) is 5.92. The van der Waals surface area contributed by atoms with Crippen molar-refractivity contribution in [2.45, 2.75) is 12.8 Å². The first kappa shape index (κ1) is 21.6. The highest BCUT2D eigenvalue weighted by Crippen LogP contribution is 2.35. The number of fused-ring (bicyclic) bond motifs is 1. The fourth-order valence-electron chi connectivity index (χ4n) is 4.32. The Hall–Kier alpha value is -3.28. The molecule has 0 spiro atoms. The van der Waals surface area contributed by atoms with Crippen LogP contribution in [0, 0.1) is 0 Å². The van der Waals surface area contributed by atoms with E-state index in [-0.39, 0.29) is 0 Å². The molecule has 2 aliphatic rings. The Bertz CT molecular complexity index is 1260. The molecule has 5 rings (SSSR count). The van der Waals surface area contributed by atoms with Crippen LogP contribution in [0.15, 0.2) is 87.7 Å². The molecule has 1 aliphatic heterocycles. The number of pyridine rings is 1. The van der Waals surface area contributed by atoms with Gasteiger partial charge >= 0.3 is 0 Å². The van der Waals surface area contributed by atoms with E-state index in [2.05, 4.69) is 50.4 Å². The first-order chi connectivity index (χ1) is 16.3. The zero-order chi connectivity index (χ0) is 22.5. The number of benzene rings is 2. The Morgan fingerprint density at radius 3 is 2.52 bits per heavy atom. The van der Waals surface area contributed by atoms with Crippen LogP contribution in [0.2, 0.25) is 5.15 Å². The Morgan fingerprint density at radius 1 is 0.909 bits per heavy atom. The summed E-state index contributed by atoms with van der Waals surface area (Å²) >= 11 is 6.34. The van der Waals surface area contributed by atoms with Crippen molar-refractivity contribution in [1.82, 2.24) is 9.88 Å². The molecular formula is C27H25ClN4O. The molecule has 0 radical (unpaired) electrons. The first-order valence-corrected chi connectivity index (χ1v) is 11.6. The van der Waals surface area contributed by atoms with Crippen LogP contribution in [0.1, 0.15) is 24.0 Å². The third-order valence-corrected chi connectivity index (χ3v) is 6.22. The van der Waals surface area contributed by atoms with Crippen molar-refractivity contribution in [2.24, 2.45) is 10.2 Å². The van der Waals surface area contributed by atoms with Crippen LogP contribution in [-0.4, -0.2) is 48.6 Å². The van der Waals surface area contributed by atoms with E-state index in [4.69, 9.17) is 16.3 Å². The molecule has 0 saturated carbocycles. The summed E-state index contributed by atoms with van der Waals surface area (Å²) in [5, 5.41) is 10.1. The maximum atomic E-state index is 6.34. The van der Waals surface area contributed by atoms with Crippen molar-refractivity contribution in [3.8, 4) is 0 Å². The summed E-state index contributed by atoms with van der Waals surface area (Å²) < 4.78 is 5.58. The van der Waals surface area contributed by atoms with E-state index in [0.717, 1.165) is 55.6 Å². The second-order valence-electron chi connectivity index (χ2n) is 8.10. The molecule has 2 heterocycles. The number of morpholine rings is 1. The molecule has 6 heteroatoms. The fraction of sp³-hybridized carbons (Fsp3) is 0.222. The Labute approximate surface area is 198 Å². The second kappa shape index (κ2) is 10.1. The molecule has 0 N–H and O–H groups in total. The average Bonchev–Trinajstić information content (AvgIpc) is 3.25. The minimum absolute atomic E-state index is 0.426. The lowest BCUT2D eigenvalue weighted by Crippen LogP contribution is -2.36. The molecule has 0 bridgehead atoms. The number of rotatable bonds is 5. The van der Waals surface area contributed by atoms with Crippen LogP contribution >= 0.6 is 11.6 Å². The number of para-hydroxylation sites is 1. The zero-order valence-corrected chi connectivity index (χ0v) is 19.1. The normalized spacial score (nSPS) is 18.5. The molecule has 2 aromatic carbocycles. The lowest BCUT2D eigenvalue weighted by molar-refractivity contribution is 0.0548. The quantitative estimate of drug-likeness (QED) is 0.279. The second-order valence-corrected chi connectivity index (χ2v) is 8.46. The number of hydrogen-bond acceptors (Lipinski definition) is 5. The monoisotopic (exact) mass is 456 g/mol. The predicted molar refractivity (Wildman–Crippen MR) is 136 cm³/mol. The van der Waals surface area contributed by atoms with Gasteiger partial charge < -0.3 is 9.64 Å². The van der Waals surface area contributed by atoms with Crippen molar-refractivity contribution in [2.75, 3.05) is 26.3 Å². The molecule has 0 atom stereocenters. The summed E-state index contributed by atoms with van der Waals surface area (Å²) in [6.45, 7) is 3.27. The Balaban J connectivity index is 1.41. The van der Waals surface area contributed by atoms with Crippen LogP contribution in [0.3, 0.4) is 0 Å². The number of halogens is 1. The van der Waals surface area contributed by atoms with Gasteiger partial charge in [0.1, 0.15) is 5.15 Å². The standard InChI is InChI=1S/C27H25ClN4O/c28-27-24(17-21-8-4-5-9-25(21)31-27)19-30-29-18-23-11-10-22(16-20-6-2-1-3-7-20)26(23)32-12-14-33-15-13-32/h1-9,16-19H,10-15H2/b22-16+,29-18+,30-19+. The molecule has 1 fully saturated rings. The van der Waals surface area contributed by atoms with Gasteiger partial charge in [0.15, 0.2) is 0 Å². The molecule has 1 aromatic heterocycles. The highest BCUT2D eigenvalue weighted by atomic mass is 35.5. The van der Waals surface area contributed by atoms with E-state index in [1.165, 1.54) is 22.4 Å². The highest BCUT2D eigenvalue weighted by molar-refractivity contribution is 6.32. The van der Waals surface area contributed by atoms with E-state index in [9.17, 15) is 0 Å². The van der Waals surface area contributed by atoms with E-state index in [1.54, 1.807) is 6.21 Å². The van der Waals surface area contributed by atoms with Gasteiger partial charge in [-0.1, -0.05) is 60.1 Å². The van der Waals surface area contributed by atoms with E-state index < -0.39 is 0 Å². The SMILES string of the molecule is Clc1nc2ccccc2cc1/C=N/N=C/C1=C(N2CCOCC2)C(=C/c2ccccc2)/CC1. The summed E-state index contributed by atoms with van der Waals surface area (Å²) in [6, 6.07) is 20.3. The number of aromatic nitrogens is 1. The predicted octanol–water partition coefficient (Wildman–Crippen LogP) is 5.76. The largest absolute Gasteiger partial charge is 0.378 e. The lowest BCUT2D eigenvalue weighted by atomic mass is 10.1. The van der Waals surface area contributed by atoms with Gasteiger partial charge in [-0.3, -0.25) is 0 Å². The molecule has 3 aromatic rings. The fourth-order valence-corrected chi connectivity index (χ4v) is 4.51. The van der Waals surface area contributed by atoms with E-state index >= 15 is 0 Å². The van der Waals surface area contributed by atoms with Crippen LogP contribution < -0.4 is 0 Å². The topological polar surface area (TPSA) is 50.1 Å². The molecule has 1 saturated heterocycles. The smallest absolute Gasteiger partial charge is 0.138 e. The van der Waals surface area contributed by atoms with Crippen LogP contribution in [0.4, 0.5) is 0 Å². The Morgan fingerprint density at radius 2 is 1.67 bits per heavy atom. The molecule has 33 heavy (non-hydrogen) atoms. The van der Waals surface area contributed by atoms with Gasteiger partial charge in [-0.25, -0.2) is 4.98 Å². The van der Waals surface area contributed by atoms with Crippen molar-refractivity contribution < 1.29 is 4.74 Å². The van der Waals surface area contributed by atoms with Gasteiger partial charge in [0.2, 0.25) is 0 Å². The molecular weight excluding hydrogens is 432 g/mol. The summed E-state index contributed by atoms with van der Waals surface area (Å²) in [4.78, 5) is 6.86. The zero-order valence-electron chi connectivity index (χ0n) is 18.3. The van der Waals surface area contributed by atoms with Crippen LogP contribution in [0.5, 0.6) is 0 Å². The summed E-state index contributed by atoms with van der Waals surface area (Å²) in [5.74, 6) is 0. The average molecular weight is 457 g/mol. The maximum Gasteiger partial charge on any atom is 0.138 e. The molecule has 0 unspecified atom stereocenters. The number of hydrogen-bond donors (Lipinski definition) is 0. The summed E-state index contributed by atoms with van der Waals surface area (Å²) in [7, 11) is 0. The van der Waals surface area contributed by atoms with Crippen molar-refractivity contribution >= 4 is 41.0 Å². The molecule has 166 valence electrons. The molecule has 5 nitrogen and oxygen atoms in total. The van der Waals surface area contributed by atoms with E-state index in [1.807, 2.05) is 42.6 Å². The number of allylic oxidation sites excluding steroid dienone is 2. The van der Waals surface area contributed by atoms with Crippen molar-refractivity contribution in [3.63, 3.8) is 0 Å². The minimum Gasteiger partial charge on any atom is -0.378 e. The van der Waals surface area contributed by atoms with Gasteiger partial charge in [-0.05, 0) is 47.8 Å². The number of ether oxygens (including phenoxy) is 1. The van der Waals surface area contributed by atoms with Gasteiger partial charge in [0, 0.05) is 29.7 Å². The van der Waals surface area contributed by atoms with Crippen LogP contribution in [-0.2, 0) is 4.74 Å². The molecule has 1 aliphatic carbocycles. The number of nitrogens with zero attached hydrogens (tertiary/aromatic N) is 4. The van der Waals surface area contributed by atoms with Crippen molar-refractivity contribution in [1.29, 1.82) is 0 Å². The maximum absolute atomic E-state index is 6.34. The summed E-state index contributed by atoms with van der Waals surface area (Å²) in [6.07, 6.45) is 7.78. The van der Waals surface area contributed by atoms with Gasteiger partial charge in [-0.15, -0.1) is 0 Å². The third kappa shape index (κ3) is 5.05.